The number of alkyl halides is 3. The van der Waals surface area contributed by atoms with E-state index in [-0.39, 0.29) is 24.8 Å². The molecule has 134 valence electrons. The number of benzene rings is 1. The highest BCUT2D eigenvalue weighted by Gasteiger charge is 2.34. The first-order chi connectivity index (χ1) is 12.0. The molecule has 2 aromatic rings. The zero-order valence-corrected chi connectivity index (χ0v) is 13.2. The molecule has 0 bridgehead atoms. The molecule has 0 aliphatic carbocycles. The molecule has 0 atom stereocenters. The fourth-order valence-electron chi connectivity index (χ4n) is 2.65. The Labute approximate surface area is 141 Å². The van der Waals surface area contributed by atoms with E-state index in [1.54, 1.807) is 0 Å². The summed E-state index contributed by atoms with van der Waals surface area (Å²) in [6.07, 6.45) is -3.71. The van der Waals surface area contributed by atoms with Gasteiger partial charge in [0.05, 0.1) is 12.1 Å². The first kappa shape index (κ1) is 17.3. The molecule has 1 aliphatic rings. The third-order valence-corrected chi connectivity index (χ3v) is 3.86. The summed E-state index contributed by atoms with van der Waals surface area (Å²) in [6, 6.07) is 4.97. The van der Waals surface area contributed by atoms with Gasteiger partial charge in [-0.2, -0.15) is 18.3 Å². The van der Waals surface area contributed by atoms with Crippen LogP contribution in [0.1, 0.15) is 27.3 Å². The monoisotopic (exact) mass is 354 g/mol. The summed E-state index contributed by atoms with van der Waals surface area (Å²) in [5.41, 5.74) is 1.22. The van der Waals surface area contributed by atoms with Crippen molar-refractivity contribution in [2.45, 2.75) is 19.1 Å². The van der Waals surface area contributed by atoms with Gasteiger partial charge in [-0.15, -0.1) is 0 Å². The van der Waals surface area contributed by atoms with Gasteiger partial charge in [-0.25, -0.2) is 0 Å². The topological polar surface area (TPSA) is 79.0 Å². The molecule has 3 N–H and O–H groups in total. The van der Waals surface area contributed by atoms with Crippen molar-refractivity contribution in [3.8, 4) is 5.75 Å². The van der Waals surface area contributed by atoms with Crippen LogP contribution in [0.3, 0.4) is 0 Å². The molecule has 1 aliphatic heterocycles. The van der Waals surface area contributed by atoms with E-state index in [4.69, 9.17) is 4.74 Å². The summed E-state index contributed by atoms with van der Waals surface area (Å²) in [5, 5.41) is 12.6. The zero-order chi connectivity index (χ0) is 17.9. The Balaban J connectivity index is 1.54. The number of amides is 1. The molecule has 1 aromatic heterocycles. The van der Waals surface area contributed by atoms with Crippen molar-refractivity contribution >= 4 is 5.91 Å². The summed E-state index contributed by atoms with van der Waals surface area (Å²) in [7, 11) is 0. The van der Waals surface area contributed by atoms with Crippen LogP contribution >= 0.6 is 0 Å². The first-order valence-corrected chi connectivity index (χ1v) is 7.81. The van der Waals surface area contributed by atoms with Crippen molar-refractivity contribution in [1.82, 2.24) is 20.8 Å². The molecule has 0 radical (unpaired) electrons. The van der Waals surface area contributed by atoms with Crippen molar-refractivity contribution in [3.63, 3.8) is 0 Å². The number of carbonyl (C=O) groups excluding carboxylic acids is 1. The van der Waals surface area contributed by atoms with Gasteiger partial charge in [0, 0.05) is 30.8 Å². The van der Waals surface area contributed by atoms with E-state index >= 15 is 0 Å². The number of hydrogen-bond acceptors (Lipinski definition) is 4. The molecule has 1 amide bonds. The average Bonchev–Trinajstić information content (AvgIpc) is 3.02. The second kappa shape index (κ2) is 7.14. The lowest BCUT2D eigenvalue weighted by atomic mass is 10.1. The number of rotatable bonds is 5. The Bertz CT molecular complexity index is 758. The molecule has 0 spiro atoms. The third-order valence-electron chi connectivity index (χ3n) is 3.86. The SMILES string of the molecule is O=C(NCCOc1ccccc1C(F)(F)F)c1n[nH]c2c1CNCC2. The Morgan fingerprint density at radius 3 is 2.92 bits per heavy atom. The van der Waals surface area contributed by atoms with Gasteiger partial charge in [0.25, 0.3) is 5.91 Å². The maximum Gasteiger partial charge on any atom is 0.419 e. The molecular formula is C16H17F3N4O2. The van der Waals surface area contributed by atoms with Gasteiger partial charge >= 0.3 is 6.18 Å². The quantitative estimate of drug-likeness (QED) is 0.717. The summed E-state index contributed by atoms with van der Waals surface area (Å²) in [5.74, 6) is -0.639. The molecule has 0 unspecified atom stereocenters. The number of para-hydroxylation sites is 1. The minimum atomic E-state index is -4.49. The van der Waals surface area contributed by atoms with Gasteiger partial charge in [0.2, 0.25) is 0 Å². The number of carbonyl (C=O) groups is 1. The lowest BCUT2D eigenvalue weighted by molar-refractivity contribution is -0.138. The molecule has 2 heterocycles. The number of hydrogen-bond donors (Lipinski definition) is 3. The number of ether oxygens (including phenoxy) is 1. The molecule has 6 nitrogen and oxygen atoms in total. The Morgan fingerprint density at radius 2 is 2.12 bits per heavy atom. The second-order valence-corrected chi connectivity index (χ2v) is 5.55. The largest absolute Gasteiger partial charge is 0.491 e. The zero-order valence-electron chi connectivity index (χ0n) is 13.2. The lowest BCUT2D eigenvalue weighted by Crippen LogP contribution is -2.31. The highest BCUT2D eigenvalue weighted by molar-refractivity contribution is 5.94. The standard InChI is InChI=1S/C16H17F3N4O2/c17-16(18,19)11-3-1-2-4-13(11)25-8-7-21-15(24)14-10-9-20-6-5-12(10)22-23-14/h1-4,20H,5-9H2,(H,21,24)(H,22,23). The highest BCUT2D eigenvalue weighted by Crippen LogP contribution is 2.35. The van der Waals surface area contributed by atoms with E-state index in [2.05, 4.69) is 20.8 Å². The number of aromatic nitrogens is 2. The van der Waals surface area contributed by atoms with Gasteiger partial charge in [-0.05, 0) is 12.1 Å². The van der Waals surface area contributed by atoms with Crippen LogP contribution in [0.25, 0.3) is 0 Å². The van der Waals surface area contributed by atoms with E-state index in [1.165, 1.54) is 18.2 Å². The third kappa shape index (κ3) is 3.93. The summed E-state index contributed by atoms with van der Waals surface area (Å²) >= 11 is 0. The first-order valence-electron chi connectivity index (χ1n) is 7.81. The van der Waals surface area contributed by atoms with Crippen molar-refractivity contribution in [3.05, 3.63) is 46.8 Å². The number of nitrogens with one attached hydrogen (secondary N) is 3. The van der Waals surface area contributed by atoms with E-state index < -0.39 is 11.7 Å². The van der Waals surface area contributed by atoms with E-state index in [9.17, 15) is 18.0 Å². The van der Waals surface area contributed by atoms with Gasteiger partial charge in [-0.1, -0.05) is 12.1 Å². The van der Waals surface area contributed by atoms with Gasteiger partial charge in [-0.3, -0.25) is 9.89 Å². The second-order valence-electron chi connectivity index (χ2n) is 5.55. The predicted molar refractivity (Wildman–Crippen MR) is 83.3 cm³/mol. The smallest absolute Gasteiger partial charge is 0.419 e. The Hall–Kier alpha value is -2.55. The normalized spacial score (nSPS) is 14.0. The minimum absolute atomic E-state index is 0.0695. The summed E-state index contributed by atoms with van der Waals surface area (Å²) in [4.78, 5) is 12.2. The van der Waals surface area contributed by atoms with Crippen LogP contribution in [0.2, 0.25) is 0 Å². The van der Waals surface area contributed by atoms with Crippen LogP contribution in [-0.2, 0) is 19.1 Å². The van der Waals surface area contributed by atoms with Gasteiger partial charge in [0.15, 0.2) is 5.69 Å². The molecule has 9 heteroatoms. The highest BCUT2D eigenvalue weighted by atomic mass is 19.4. The minimum Gasteiger partial charge on any atom is -0.491 e. The van der Waals surface area contributed by atoms with E-state index in [0.29, 0.717) is 12.2 Å². The Morgan fingerprint density at radius 1 is 1.32 bits per heavy atom. The molecule has 0 saturated carbocycles. The fourth-order valence-corrected chi connectivity index (χ4v) is 2.65. The van der Waals surface area contributed by atoms with Crippen LogP contribution < -0.4 is 15.4 Å². The molecule has 3 rings (SSSR count). The number of fused-ring (bicyclic) bond motifs is 1. The Kier molecular flexibility index (Phi) is 4.93. The van der Waals surface area contributed by atoms with Crippen LogP contribution in [0.15, 0.2) is 24.3 Å². The van der Waals surface area contributed by atoms with Crippen LogP contribution in [0, 0.1) is 0 Å². The lowest BCUT2D eigenvalue weighted by Gasteiger charge is -2.14. The predicted octanol–water partition coefficient (Wildman–Crippen LogP) is 1.88. The number of aromatic amines is 1. The fraction of sp³-hybridized carbons (Fsp3) is 0.375. The maximum atomic E-state index is 12.9. The molecular weight excluding hydrogens is 337 g/mol. The molecule has 1 aromatic carbocycles. The van der Waals surface area contributed by atoms with Crippen LogP contribution in [-0.4, -0.2) is 35.8 Å². The number of nitrogens with zero attached hydrogens (tertiary/aromatic N) is 1. The summed E-state index contributed by atoms with van der Waals surface area (Å²) < 4.78 is 43.8. The van der Waals surface area contributed by atoms with E-state index in [1.807, 2.05) is 0 Å². The molecule has 0 saturated heterocycles. The van der Waals surface area contributed by atoms with Crippen molar-refractivity contribution in [2.24, 2.45) is 0 Å². The van der Waals surface area contributed by atoms with Crippen molar-refractivity contribution in [2.75, 3.05) is 19.7 Å². The van der Waals surface area contributed by atoms with Gasteiger partial charge in [0.1, 0.15) is 12.4 Å². The molecule has 0 fully saturated rings. The maximum absolute atomic E-state index is 12.9. The van der Waals surface area contributed by atoms with Crippen molar-refractivity contribution in [1.29, 1.82) is 0 Å². The van der Waals surface area contributed by atoms with Gasteiger partial charge < -0.3 is 15.4 Å². The number of halogens is 3. The van der Waals surface area contributed by atoms with Crippen LogP contribution in [0.4, 0.5) is 13.2 Å². The number of H-pyrrole nitrogens is 1. The molecule has 25 heavy (non-hydrogen) atoms. The van der Waals surface area contributed by atoms with E-state index in [0.717, 1.165) is 30.3 Å². The average molecular weight is 354 g/mol. The van der Waals surface area contributed by atoms with Crippen molar-refractivity contribution < 1.29 is 22.7 Å². The summed E-state index contributed by atoms with van der Waals surface area (Å²) in [6.45, 7) is 1.37. The van der Waals surface area contributed by atoms with Crippen LogP contribution in [0.5, 0.6) is 5.75 Å².